The fraction of sp³-hybridized carbons (Fsp3) is 0.300. The van der Waals surface area contributed by atoms with Gasteiger partial charge < -0.3 is 10.1 Å². The number of nitrogens with one attached hydrogen (secondary N) is 2. The topological polar surface area (TPSA) is 106 Å². The number of fused-ring (bicyclic) bond motifs is 1. The van der Waals surface area contributed by atoms with E-state index < -0.39 is 5.91 Å². The molecule has 1 aromatic carbocycles. The Hall–Kier alpha value is -3.13. The van der Waals surface area contributed by atoms with Gasteiger partial charge in [0.2, 0.25) is 0 Å². The Bertz CT molecular complexity index is 1150. The number of carbonyl (C=O) groups excluding carboxylic acids is 2. The lowest BCUT2D eigenvalue weighted by molar-refractivity contribution is -0.143. The first-order chi connectivity index (χ1) is 13.8. The summed E-state index contributed by atoms with van der Waals surface area (Å²) in [5.74, 6) is -0.792. The minimum Gasteiger partial charge on any atom is -0.466 e. The van der Waals surface area contributed by atoms with Crippen molar-refractivity contribution in [2.45, 2.75) is 33.6 Å². The maximum Gasteiger partial charge on any atom is 0.306 e. The van der Waals surface area contributed by atoms with Gasteiger partial charge in [-0.15, -0.1) is 0 Å². The summed E-state index contributed by atoms with van der Waals surface area (Å²) in [4.78, 5) is 41.6. The van der Waals surface area contributed by atoms with Crippen molar-refractivity contribution in [1.82, 2.24) is 14.6 Å². The molecule has 0 radical (unpaired) electrons. The van der Waals surface area contributed by atoms with E-state index in [0.717, 1.165) is 5.56 Å². The lowest BCUT2D eigenvalue weighted by Gasteiger charge is -2.09. The van der Waals surface area contributed by atoms with Crippen LogP contribution in [-0.2, 0) is 16.0 Å². The Kier molecular flexibility index (Phi) is 6.03. The van der Waals surface area contributed by atoms with Crippen LogP contribution in [0, 0.1) is 13.8 Å². The van der Waals surface area contributed by atoms with Gasteiger partial charge in [-0.1, -0.05) is 17.7 Å². The number of aromatic nitrogens is 3. The van der Waals surface area contributed by atoms with Gasteiger partial charge in [-0.2, -0.15) is 0 Å². The zero-order valence-electron chi connectivity index (χ0n) is 16.3. The van der Waals surface area contributed by atoms with Crippen LogP contribution in [-0.4, -0.2) is 33.1 Å². The number of rotatable bonds is 6. The monoisotopic (exact) mass is 416 g/mol. The molecule has 0 spiro atoms. The lowest BCUT2D eigenvalue weighted by Crippen LogP contribution is -2.23. The van der Waals surface area contributed by atoms with Gasteiger partial charge in [-0.05, 0) is 44.9 Å². The van der Waals surface area contributed by atoms with Gasteiger partial charge in [0.25, 0.3) is 11.5 Å². The average Bonchev–Trinajstić information content (AvgIpc) is 3.08. The highest BCUT2D eigenvalue weighted by Gasteiger charge is 2.19. The Balaban J connectivity index is 1.91. The smallest absolute Gasteiger partial charge is 0.306 e. The van der Waals surface area contributed by atoms with Crippen molar-refractivity contribution >= 4 is 34.8 Å². The molecule has 0 aliphatic heterocycles. The molecule has 29 heavy (non-hydrogen) atoms. The van der Waals surface area contributed by atoms with E-state index in [-0.39, 0.29) is 42.2 Å². The van der Waals surface area contributed by atoms with Crippen molar-refractivity contribution in [2.24, 2.45) is 0 Å². The summed E-state index contributed by atoms with van der Waals surface area (Å²) in [5, 5.41) is 6.06. The molecule has 2 heterocycles. The van der Waals surface area contributed by atoms with Crippen molar-refractivity contribution in [3.05, 3.63) is 62.2 Å². The number of esters is 1. The molecule has 0 saturated heterocycles. The van der Waals surface area contributed by atoms with Crippen LogP contribution < -0.4 is 10.9 Å². The number of hydrogen-bond donors (Lipinski definition) is 2. The van der Waals surface area contributed by atoms with Gasteiger partial charge in [0.15, 0.2) is 5.65 Å². The molecule has 2 aromatic heterocycles. The van der Waals surface area contributed by atoms with Gasteiger partial charge in [0.1, 0.15) is 5.56 Å². The molecule has 0 bridgehead atoms. The number of carbonyl (C=O) groups is 2. The molecule has 0 aliphatic rings. The molecule has 0 atom stereocenters. The molecule has 0 fully saturated rings. The second-order valence-electron chi connectivity index (χ2n) is 6.55. The Labute approximate surface area is 171 Å². The first-order valence-electron chi connectivity index (χ1n) is 9.14. The van der Waals surface area contributed by atoms with Crippen molar-refractivity contribution < 1.29 is 14.3 Å². The van der Waals surface area contributed by atoms with Crippen LogP contribution in [0.3, 0.4) is 0 Å². The van der Waals surface area contributed by atoms with Crippen molar-refractivity contribution in [3.8, 4) is 0 Å². The van der Waals surface area contributed by atoms with Crippen LogP contribution >= 0.6 is 11.6 Å². The number of halogens is 1. The first kappa shape index (κ1) is 20.6. The minimum atomic E-state index is -0.417. The third-order valence-electron chi connectivity index (χ3n) is 4.54. The molecule has 3 aromatic rings. The fourth-order valence-corrected chi connectivity index (χ4v) is 3.16. The zero-order chi connectivity index (χ0) is 21.1. The second kappa shape index (κ2) is 8.48. The van der Waals surface area contributed by atoms with E-state index in [1.165, 1.54) is 10.7 Å². The third-order valence-corrected chi connectivity index (χ3v) is 4.77. The van der Waals surface area contributed by atoms with E-state index in [4.69, 9.17) is 16.3 Å². The van der Waals surface area contributed by atoms with E-state index in [1.807, 2.05) is 6.92 Å². The third kappa shape index (κ3) is 4.32. The van der Waals surface area contributed by atoms with Crippen LogP contribution in [0.1, 0.15) is 40.5 Å². The van der Waals surface area contributed by atoms with Gasteiger partial charge in [0, 0.05) is 34.6 Å². The summed E-state index contributed by atoms with van der Waals surface area (Å²) in [6, 6.07) is 5.19. The van der Waals surface area contributed by atoms with Gasteiger partial charge in [-0.3, -0.25) is 19.5 Å². The van der Waals surface area contributed by atoms with E-state index in [9.17, 15) is 14.4 Å². The normalized spacial score (nSPS) is 10.9. The molecule has 8 nitrogen and oxygen atoms in total. The number of hydrogen-bond acceptors (Lipinski definition) is 5. The first-order valence-corrected chi connectivity index (χ1v) is 9.52. The van der Waals surface area contributed by atoms with Crippen molar-refractivity contribution in [3.63, 3.8) is 0 Å². The number of amides is 1. The van der Waals surface area contributed by atoms with Gasteiger partial charge >= 0.3 is 5.97 Å². The zero-order valence-corrected chi connectivity index (χ0v) is 17.1. The molecule has 2 N–H and O–H groups in total. The molecular weight excluding hydrogens is 396 g/mol. The van der Waals surface area contributed by atoms with Crippen LogP contribution in [0.2, 0.25) is 5.02 Å². The SMILES string of the molecule is CCOC(=O)CCc1c(C)nc2c(C(=O)Nc3cc(Cl)ccc3C)c[nH]n2c1=O. The molecule has 9 heteroatoms. The highest BCUT2D eigenvalue weighted by atomic mass is 35.5. The molecule has 1 amide bonds. The number of H-pyrrole nitrogens is 1. The Morgan fingerprint density at radius 2 is 2.07 bits per heavy atom. The van der Waals surface area contributed by atoms with Crippen molar-refractivity contribution in [1.29, 1.82) is 0 Å². The van der Waals surface area contributed by atoms with Crippen LogP contribution in [0.4, 0.5) is 5.69 Å². The number of anilines is 1. The van der Waals surface area contributed by atoms with E-state index in [1.54, 1.807) is 32.0 Å². The predicted octanol–water partition coefficient (Wildman–Crippen LogP) is 3.04. The van der Waals surface area contributed by atoms with E-state index in [2.05, 4.69) is 15.4 Å². The highest BCUT2D eigenvalue weighted by molar-refractivity contribution is 6.31. The van der Waals surface area contributed by atoms with Crippen LogP contribution in [0.5, 0.6) is 0 Å². The minimum absolute atomic E-state index is 0.0831. The maximum atomic E-state index is 12.8. The summed E-state index contributed by atoms with van der Waals surface area (Å²) in [6.07, 6.45) is 1.72. The molecular formula is C20H21ClN4O4. The number of aromatic amines is 1. The molecule has 152 valence electrons. The fourth-order valence-electron chi connectivity index (χ4n) is 2.99. The van der Waals surface area contributed by atoms with Crippen LogP contribution in [0.15, 0.2) is 29.2 Å². The number of aryl methyl sites for hydroxylation is 2. The predicted molar refractivity (Wildman–Crippen MR) is 110 cm³/mol. The van der Waals surface area contributed by atoms with Crippen molar-refractivity contribution in [2.75, 3.05) is 11.9 Å². The molecule has 3 rings (SSSR count). The largest absolute Gasteiger partial charge is 0.466 e. The number of nitrogens with zero attached hydrogens (tertiary/aromatic N) is 2. The number of ether oxygens (including phenoxy) is 1. The molecule has 0 aliphatic carbocycles. The standard InChI is InChI=1S/C20H21ClN4O4/c1-4-29-17(26)8-7-14-12(3)23-18-15(10-22-25(18)20(14)28)19(27)24-16-9-13(21)6-5-11(16)2/h5-6,9-10,22H,4,7-8H2,1-3H3,(H,24,27). The van der Waals surface area contributed by atoms with Gasteiger partial charge in [0.05, 0.1) is 6.61 Å². The van der Waals surface area contributed by atoms with E-state index in [0.29, 0.717) is 22.0 Å². The summed E-state index contributed by atoms with van der Waals surface area (Å²) in [5.41, 5.74) is 2.37. The lowest BCUT2D eigenvalue weighted by atomic mass is 10.1. The summed E-state index contributed by atoms with van der Waals surface area (Å²) >= 11 is 6.00. The Morgan fingerprint density at radius 1 is 1.31 bits per heavy atom. The quantitative estimate of drug-likeness (QED) is 0.601. The second-order valence-corrected chi connectivity index (χ2v) is 6.98. The van der Waals surface area contributed by atoms with Crippen LogP contribution in [0.25, 0.3) is 5.65 Å². The summed E-state index contributed by atoms with van der Waals surface area (Å²) in [7, 11) is 0. The van der Waals surface area contributed by atoms with E-state index >= 15 is 0 Å². The molecule has 0 unspecified atom stereocenters. The molecule has 0 saturated carbocycles. The number of benzene rings is 1. The summed E-state index contributed by atoms with van der Waals surface area (Å²) < 4.78 is 6.10. The summed E-state index contributed by atoms with van der Waals surface area (Å²) in [6.45, 7) is 5.54. The average molecular weight is 417 g/mol. The maximum absolute atomic E-state index is 12.8. The highest BCUT2D eigenvalue weighted by Crippen LogP contribution is 2.21. The van der Waals surface area contributed by atoms with Gasteiger partial charge in [-0.25, -0.2) is 9.50 Å². The Morgan fingerprint density at radius 3 is 2.79 bits per heavy atom.